The van der Waals surface area contributed by atoms with Crippen molar-refractivity contribution in [3.05, 3.63) is 57.3 Å². The molecule has 2 nitrogen and oxygen atoms in total. The second-order valence-corrected chi connectivity index (χ2v) is 5.55. The molecule has 1 heterocycles. The fourth-order valence-corrected chi connectivity index (χ4v) is 2.61. The van der Waals surface area contributed by atoms with Gasteiger partial charge in [0.25, 0.3) is 0 Å². The first-order valence-electron chi connectivity index (χ1n) is 5.97. The van der Waals surface area contributed by atoms with E-state index in [2.05, 4.69) is 65.2 Å². The number of nitrogens with one attached hydrogen (secondary N) is 1. The summed E-state index contributed by atoms with van der Waals surface area (Å²) in [6, 6.07) is 6.49. The van der Waals surface area contributed by atoms with E-state index in [1.54, 1.807) is 6.20 Å². The highest BCUT2D eigenvalue weighted by molar-refractivity contribution is 9.10. The van der Waals surface area contributed by atoms with Crippen LogP contribution in [-0.4, -0.2) is 4.98 Å². The maximum absolute atomic E-state index is 4.17. The molecule has 0 aliphatic rings. The van der Waals surface area contributed by atoms with E-state index in [1.165, 1.54) is 27.9 Å². The van der Waals surface area contributed by atoms with Crippen molar-refractivity contribution >= 4 is 21.6 Å². The van der Waals surface area contributed by atoms with E-state index in [9.17, 15) is 0 Å². The molecule has 2 rings (SSSR count). The smallest absolute Gasteiger partial charge is 0.0416 e. The Balaban J connectivity index is 2.16. The lowest BCUT2D eigenvalue weighted by Crippen LogP contribution is -2.03. The van der Waals surface area contributed by atoms with Gasteiger partial charge in [0.2, 0.25) is 0 Å². The molecular weight excluding hydrogens is 288 g/mol. The van der Waals surface area contributed by atoms with Crippen molar-refractivity contribution < 1.29 is 0 Å². The van der Waals surface area contributed by atoms with Crippen molar-refractivity contribution in [2.75, 3.05) is 5.32 Å². The molecule has 94 valence electrons. The molecule has 1 aromatic heterocycles. The van der Waals surface area contributed by atoms with E-state index in [1.807, 2.05) is 6.20 Å². The van der Waals surface area contributed by atoms with Gasteiger partial charge >= 0.3 is 0 Å². The second-order valence-electron chi connectivity index (χ2n) is 4.64. The minimum Gasteiger partial charge on any atom is -0.380 e. The van der Waals surface area contributed by atoms with Gasteiger partial charge in [-0.3, -0.25) is 4.98 Å². The van der Waals surface area contributed by atoms with Crippen LogP contribution in [0.4, 0.5) is 5.69 Å². The Morgan fingerprint density at radius 1 is 1.06 bits per heavy atom. The Labute approximate surface area is 117 Å². The Hall–Kier alpha value is -1.35. The number of hydrogen-bond acceptors (Lipinski definition) is 2. The third kappa shape index (κ3) is 3.10. The molecule has 0 aliphatic heterocycles. The third-order valence-corrected chi connectivity index (χ3v) is 3.34. The molecule has 18 heavy (non-hydrogen) atoms. The molecule has 0 atom stereocenters. The van der Waals surface area contributed by atoms with Gasteiger partial charge in [0.15, 0.2) is 0 Å². The predicted octanol–water partition coefficient (Wildman–Crippen LogP) is 4.38. The van der Waals surface area contributed by atoms with Crippen LogP contribution in [0.3, 0.4) is 0 Å². The van der Waals surface area contributed by atoms with Crippen LogP contribution in [0.1, 0.15) is 22.3 Å². The molecule has 0 fully saturated rings. The highest BCUT2D eigenvalue weighted by Gasteiger charge is 2.03. The number of hydrogen-bond donors (Lipinski definition) is 1. The van der Waals surface area contributed by atoms with Crippen molar-refractivity contribution in [2.24, 2.45) is 0 Å². The van der Waals surface area contributed by atoms with E-state index >= 15 is 0 Å². The molecule has 0 spiro atoms. The number of anilines is 1. The highest BCUT2D eigenvalue weighted by atomic mass is 79.9. The summed E-state index contributed by atoms with van der Waals surface area (Å²) in [6.07, 6.45) is 3.68. The first-order valence-corrected chi connectivity index (χ1v) is 6.76. The van der Waals surface area contributed by atoms with Gasteiger partial charge in [-0.05, 0) is 59.5 Å². The number of benzene rings is 1. The van der Waals surface area contributed by atoms with Gasteiger partial charge in [0.05, 0.1) is 0 Å². The van der Waals surface area contributed by atoms with E-state index < -0.39 is 0 Å². The van der Waals surface area contributed by atoms with Gasteiger partial charge in [-0.1, -0.05) is 17.7 Å². The molecule has 0 saturated heterocycles. The van der Waals surface area contributed by atoms with Crippen LogP contribution in [0.25, 0.3) is 0 Å². The molecule has 0 bridgehead atoms. The standard InChI is InChI=1S/C15H17BrN2/c1-10-4-11(2)15(12(3)5-10)18-8-13-6-14(16)9-17-7-13/h4-7,9,18H,8H2,1-3H3. The summed E-state index contributed by atoms with van der Waals surface area (Å²) in [5.74, 6) is 0. The highest BCUT2D eigenvalue weighted by Crippen LogP contribution is 2.22. The quantitative estimate of drug-likeness (QED) is 0.910. The van der Waals surface area contributed by atoms with E-state index in [0.717, 1.165) is 11.0 Å². The van der Waals surface area contributed by atoms with Crippen molar-refractivity contribution in [1.29, 1.82) is 0 Å². The van der Waals surface area contributed by atoms with E-state index in [0.29, 0.717) is 0 Å². The lowest BCUT2D eigenvalue weighted by atomic mass is 10.0. The largest absolute Gasteiger partial charge is 0.380 e. The second kappa shape index (κ2) is 5.53. The summed E-state index contributed by atoms with van der Waals surface area (Å²) < 4.78 is 1.01. The van der Waals surface area contributed by atoms with Crippen LogP contribution in [0.2, 0.25) is 0 Å². The zero-order chi connectivity index (χ0) is 13.1. The van der Waals surface area contributed by atoms with E-state index in [4.69, 9.17) is 0 Å². The molecular formula is C15H17BrN2. The van der Waals surface area contributed by atoms with Crippen LogP contribution in [-0.2, 0) is 6.54 Å². The molecule has 1 aromatic carbocycles. The number of aromatic nitrogens is 1. The number of rotatable bonds is 3. The Kier molecular flexibility index (Phi) is 4.02. The predicted molar refractivity (Wildman–Crippen MR) is 79.9 cm³/mol. The van der Waals surface area contributed by atoms with Crippen LogP contribution in [0.15, 0.2) is 35.1 Å². The van der Waals surface area contributed by atoms with Gasteiger partial charge in [0.1, 0.15) is 0 Å². The lowest BCUT2D eigenvalue weighted by Gasteiger charge is -2.13. The average Bonchev–Trinajstić information content (AvgIpc) is 2.27. The molecule has 0 amide bonds. The van der Waals surface area contributed by atoms with Crippen LogP contribution in [0.5, 0.6) is 0 Å². The summed E-state index contributed by atoms with van der Waals surface area (Å²) in [7, 11) is 0. The number of pyridine rings is 1. The minimum atomic E-state index is 0.789. The topological polar surface area (TPSA) is 24.9 Å². The Morgan fingerprint density at radius 3 is 2.33 bits per heavy atom. The summed E-state index contributed by atoms with van der Waals surface area (Å²) in [6.45, 7) is 7.20. The van der Waals surface area contributed by atoms with E-state index in [-0.39, 0.29) is 0 Å². The van der Waals surface area contributed by atoms with Gasteiger partial charge in [0, 0.05) is 29.1 Å². The van der Waals surface area contributed by atoms with Crippen molar-refractivity contribution in [1.82, 2.24) is 4.98 Å². The maximum Gasteiger partial charge on any atom is 0.0416 e. The fraction of sp³-hybridized carbons (Fsp3) is 0.267. The summed E-state index contributed by atoms with van der Waals surface area (Å²) in [5.41, 5.74) is 6.27. The zero-order valence-corrected chi connectivity index (χ0v) is 12.5. The van der Waals surface area contributed by atoms with Gasteiger partial charge in [-0.2, -0.15) is 0 Å². The number of nitrogens with zero attached hydrogens (tertiary/aromatic N) is 1. The SMILES string of the molecule is Cc1cc(C)c(NCc2cncc(Br)c2)c(C)c1. The van der Waals surface area contributed by atoms with Gasteiger partial charge in [-0.25, -0.2) is 0 Å². The third-order valence-electron chi connectivity index (χ3n) is 2.91. The maximum atomic E-state index is 4.17. The summed E-state index contributed by atoms with van der Waals surface area (Å²) in [4.78, 5) is 4.17. The first kappa shape index (κ1) is 13.1. The average molecular weight is 305 g/mol. The normalized spacial score (nSPS) is 10.4. The van der Waals surface area contributed by atoms with Crippen LogP contribution >= 0.6 is 15.9 Å². The Morgan fingerprint density at radius 2 is 1.72 bits per heavy atom. The van der Waals surface area contributed by atoms with Crippen molar-refractivity contribution in [2.45, 2.75) is 27.3 Å². The summed E-state index contributed by atoms with van der Waals surface area (Å²) in [5, 5.41) is 3.49. The Bertz CT molecular complexity index is 541. The van der Waals surface area contributed by atoms with Crippen molar-refractivity contribution in [3.8, 4) is 0 Å². The van der Waals surface area contributed by atoms with Crippen molar-refractivity contribution in [3.63, 3.8) is 0 Å². The fourth-order valence-electron chi connectivity index (χ4n) is 2.20. The minimum absolute atomic E-state index is 0.789. The molecule has 1 N–H and O–H groups in total. The molecule has 2 aromatic rings. The molecule has 0 saturated carbocycles. The zero-order valence-electron chi connectivity index (χ0n) is 10.9. The molecule has 3 heteroatoms. The van der Waals surface area contributed by atoms with Crippen LogP contribution < -0.4 is 5.32 Å². The van der Waals surface area contributed by atoms with Crippen LogP contribution in [0, 0.1) is 20.8 Å². The lowest BCUT2D eigenvalue weighted by molar-refractivity contribution is 1.09. The van der Waals surface area contributed by atoms with Gasteiger partial charge < -0.3 is 5.32 Å². The molecule has 0 aliphatic carbocycles. The first-order chi connectivity index (χ1) is 8.56. The van der Waals surface area contributed by atoms with Gasteiger partial charge in [-0.15, -0.1) is 0 Å². The number of aryl methyl sites for hydroxylation is 3. The summed E-state index contributed by atoms with van der Waals surface area (Å²) >= 11 is 3.44. The molecule has 0 unspecified atom stereocenters. The molecule has 0 radical (unpaired) electrons. The number of halogens is 1. The monoisotopic (exact) mass is 304 g/mol.